The van der Waals surface area contributed by atoms with Crippen LogP contribution in [-0.2, 0) is 21.3 Å². The number of hydrogen-bond donors (Lipinski definition) is 1. The summed E-state index contributed by atoms with van der Waals surface area (Å²) < 4.78 is 30.9. The van der Waals surface area contributed by atoms with Crippen LogP contribution in [0.4, 0.5) is 11.4 Å². The Bertz CT molecular complexity index is 1180. The van der Waals surface area contributed by atoms with Crippen LogP contribution in [0.2, 0.25) is 0 Å². The van der Waals surface area contributed by atoms with E-state index in [1.54, 1.807) is 55.5 Å². The van der Waals surface area contributed by atoms with Gasteiger partial charge in [0.05, 0.1) is 30.7 Å². The standard InChI is InChI=1S/C24H24N2O5S/c1-3-31-24(28)20-9-13-21(14-10-20)25-23(27)19-11-15-22(16-12-19)26(32(2,29)30)17-18-7-5-4-6-8-18/h4-16H,3,17H2,1-2H3,(H,25,27). The summed E-state index contributed by atoms with van der Waals surface area (Å²) in [7, 11) is -3.52. The Morgan fingerprint density at radius 1 is 0.875 bits per heavy atom. The van der Waals surface area contributed by atoms with Gasteiger partial charge in [0, 0.05) is 11.3 Å². The monoisotopic (exact) mass is 452 g/mol. The van der Waals surface area contributed by atoms with E-state index in [0.29, 0.717) is 22.5 Å². The lowest BCUT2D eigenvalue weighted by atomic mass is 10.1. The molecule has 0 aliphatic heterocycles. The third kappa shape index (κ3) is 5.95. The molecule has 0 saturated heterocycles. The smallest absolute Gasteiger partial charge is 0.338 e. The number of nitrogens with zero attached hydrogens (tertiary/aromatic N) is 1. The average Bonchev–Trinajstić information content (AvgIpc) is 2.78. The molecule has 0 spiro atoms. The van der Waals surface area contributed by atoms with Crippen LogP contribution in [0.3, 0.4) is 0 Å². The van der Waals surface area contributed by atoms with E-state index in [9.17, 15) is 18.0 Å². The lowest BCUT2D eigenvalue weighted by molar-refractivity contribution is 0.0526. The second-order valence-corrected chi connectivity index (χ2v) is 8.96. The minimum Gasteiger partial charge on any atom is -0.462 e. The van der Waals surface area contributed by atoms with Crippen molar-refractivity contribution in [2.75, 3.05) is 22.5 Å². The normalized spacial score (nSPS) is 10.9. The number of sulfonamides is 1. The minimum absolute atomic E-state index is 0.192. The quantitative estimate of drug-likeness (QED) is 0.520. The van der Waals surface area contributed by atoms with Crippen LogP contribution in [0, 0.1) is 0 Å². The first-order valence-electron chi connectivity index (χ1n) is 9.98. The fraction of sp³-hybridized carbons (Fsp3) is 0.167. The maximum absolute atomic E-state index is 12.6. The van der Waals surface area contributed by atoms with Crippen LogP contribution in [0.15, 0.2) is 78.9 Å². The number of rotatable bonds is 8. The van der Waals surface area contributed by atoms with E-state index in [1.807, 2.05) is 30.3 Å². The van der Waals surface area contributed by atoms with Crippen molar-refractivity contribution in [1.82, 2.24) is 0 Å². The molecule has 0 unspecified atom stereocenters. The fourth-order valence-corrected chi connectivity index (χ4v) is 3.92. The lowest BCUT2D eigenvalue weighted by Gasteiger charge is -2.22. The van der Waals surface area contributed by atoms with Crippen LogP contribution >= 0.6 is 0 Å². The molecule has 0 bridgehead atoms. The van der Waals surface area contributed by atoms with E-state index in [0.717, 1.165) is 11.8 Å². The van der Waals surface area contributed by atoms with E-state index in [-0.39, 0.29) is 19.1 Å². The molecule has 8 heteroatoms. The highest BCUT2D eigenvalue weighted by Gasteiger charge is 2.18. The molecule has 1 amide bonds. The third-order valence-corrected chi connectivity index (χ3v) is 5.78. The Labute approximate surface area is 187 Å². The second-order valence-electron chi connectivity index (χ2n) is 7.05. The zero-order chi connectivity index (χ0) is 23.1. The number of ether oxygens (including phenoxy) is 1. The molecule has 3 rings (SSSR count). The third-order valence-electron chi connectivity index (χ3n) is 4.64. The Hall–Kier alpha value is -3.65. The van der Waals surface area contributed by atoms with Gasteiger partial charge in [0.15, 0.2) is 0 Å². The predicted octanol–water partition coefficient (Wildman–Crippen LogP) is 4.08. The van der Waals surface area contributed by atoms with Crippen molar-refractivity contribution in [3.63, 3.8) is 0 Å². The van der Waals surface area contributed by atoms with Crippen molar-refractivity contribution in [2.24, 2.45) is 0 Å². The highest BCUT2D eigenvalue weighted by molar-refractivity contribution is 7.92. The number of esters is 1. The van der Waals surface area contributed by atoms with Gasteiger partial charge < -0.3 is 10.1 Å². The number of carbonyl (C=O) groups is 2. The summed E-state index contributed by atoms with van der Waals surface area (Å²) >= 11 is 0. The number of nitrogens with one attached hydrogen (secondary N) is 1. The largest absolute Gasteiger partial charge is 0.462 e. The van der Waals surface area contributed by atoms with Gasteiger partial charge in [-0.2, -0.15) is 0 Å². The maximum atomic E-state index is 12.6. The van der Waals surface area contributed by atoms with Gasteiger partial charge in [-0.05, 0) is 61.0 Å². The molecule has 0 aliphatic rings. The summed E-state index contributed by atoms with van der Waals surface area (Å²) in [6.07, 6.45) is 1.15. The Kier molecular flexibility index (Phi) is 7.27. The van der Waals surface area contributed by atoms with Crippen LogP contribution in [0.1, 0.15) is 33.2 Å². The summed E-state index contributed by atoms with van der Waals surface area (Å²) in [5, 5.41) is 2.75. The molecule has 32 heavy (non-hydrogen) atoms. The summed E-state index contributed by atoms with van der Waals surface area (Å²) in [5.41, 5.74) is 2.61. The molecule has 3 aromatic rings. The first-order valence-corrected chi connectivity index (χ1v) is 11.8. The molecule has 3 aromatic carbocycles. The lowest BCUT2D eigenvalue weighted by Crippen LogP contribution is -2.29. The highest BCUT2D eigenvalue weighted by Crippen LogP contribution is 2.22. The summed E-state index contributed by atoms with van der Waals surface area (Å²) in [6.45, 7) is 2.21. The molecular weight excluding hydrogens is 428 g/mol. The topological polar surface area (TPSA) is 92.8 Å². The number of anilines is 2. The van der Waals surface area contributed by atoms with Crippen molar-refractivity contribution in [2.45, 2.75) is 13.5 Å². The van der Waals surface area contributed by atoms with Crippen molar-refractivity contribution in [1.29, 1.82) is 0 Å². The number of benzene rings is 3. The van der Waals surface area contributed by atoms with Crippen LogP contribution in [0.25, 0.3) is 0 Å². The van der Waals surface area contributed by atoms with E-state index < -0.39 is 16.0 Å². The molecule has 0 atom stereocenters. The van der Waals surface area contributed by atoms with E-state index in [1.165, 1.54) is 4.31 Å². The van der Waals surface area contributed by atoms with Crippen molar-refractivity contribution >= 4 is 33.3 Å². The highest BCUT2D eigenvalue weighted by atomic mass is 32.2. The molecule has 166 valence electrons. The SMILES string of the molecule is CCOC(=O)c1ccc(NC(=O)c2ccc(N(Cc3ccccc3)S(C)(=O)=O)cc2)cc1. The average molecular weight is 453 g/mol. The van der Waals surface area contributed by atoms with E-state index in [2.05, 4.69) is 5.32 Å². The first-order chi connectivity index (χ1) is 15.3. The predicted molar refractivity (Wildman–Crippen MR) is 124 cm³/mol. The second kappa shape index (κ2) is 10.1. The van der Waals surface area contributed by atoms with Crippen molar-refractivity contribution in [3.8, 4) is 0 Å². The Morgan fingerprint density at radius 3 is 2.03 bits per heavy atom. The maximum Gasteiger partial charge on any atom is 0.338 e. The van der Waals surface area contributed by atoms with Gasteiger partial charge >= 0.3 is 5.97 Å². The number of hydrogen-bond acceptors (Lipinski definition) is 5. The number of carbonyl (C=O) groups excluding carboxylic acids is 2. The molecular formula is C24H24N2O5S. The summed E-state index contributed by atoms with van der Waals surface area (Å²) in [4.78, 5) is 24.3. The molecule has 7 nitrogen and oxygen atoms in total. The van der Waals surface area contributed by atoms with Crippen molar-refractivity contribution < 1.29 is 22.7 Å². The summed E-state index contributed by atoms with van der Waals surface area (Å²) in [6, 6.07) is 22.0. The molecule has 1 N–H and O–H groups in total. The molecule has 0 fully saturated rings. The molecule has 0 aromatic heterocycles. The van der Waals surface area contributed by atoms with Gasteiger partial charge in [0.25, 0.3) is 5.91 Å². The van der Waals surface area contributed by atoms with Gasteiger partial charge in [0.2, 0.25) is 10.0 Å². The molecule has 0 aliphatic carbocycles. The van der Waals surface area contributed by atoms with Gasteiger partial charge in [0.1, 0.15) is 0 Å². The number of amides is 1. The zero-order valence-electron chi connectivity index (χ0n) is 17.8. The minimum atomic E-state index is -3.52. The van der Waals surface area contributed by atoms with Crippen molar-refractivity contribution in [3.05, 3.63) is 95.6 Å². The van der Waals surface area contributed by atoms with Crippen LogP contribution in [0.5, 0.6) is 0 Å². The Morgan fingerprint density at radius 2 is 1.47 bits per heavy atom. The van der Waals surface area contributed by atoms with Gasteiger partial charge in [-0.25, -0.2) is 13.2 Å². The van der Waals surface area contributed by atoms with Gasteiger partial charge in [-0.1, -0.05) is 30.3 Å². The van der Waals surface area contributed by atoms with Gasteiger partial charge in [-0.15, -0.1) is 0 Å². The van der Waals surface area contributed by atoms with Gasteiger partial charge in [-0.3, -0.25) is 9.10 Å². The molecule has 0 saturated carbocycles. The van der Waals surface area contributed by atoms with Crippen LogP contribution in [-0.4, -0.2) is 33.2 Å². The molecule has 0 radical (unpaired) electrons. The Balaban J connectivity index is 1.72. The van der Waals surface area contributed by atoms with E-state index >= 15 is 0 Å². The first kappa shape index (κ1) is 23.0. The zero-order valence-corrected chi connectivity index (χ0v) is 18.6. The summed E-state index contributed by atoms with van der Waals surface area (Å²) in [5.74, 6) is -0.777. The van der Waals surface area contributed by atoms with E-state index in [4.69, 9.17) is 4.74 Å². The fourth-order valence-electron chi connectivity index (χ4n) is 3.04. The van der Waals surface area contributed by atoms with Crippen LogP contribution < -0.4 is 9.62 Å². The molecule has 0 heterocycles.